The Balaban J connectivity index is 1.81. The monoisotopic (exact) mass is 653 g/mol. The van der Waals surface area contributed by atoms with E-state index in [0.717, 1.165) is 15.4 Å². The number of rotatable bonds is 12. The van der Waals surface area contributed by atoms with Crippen LogP contribution >= 0.6 is 23.2 Å². The average Bonchev–Trinajstić information content (AvgIpc) is 3.03. The minimum atomic E-state index is -4.24. The maximum Gasteiger partial charge on any atom is 0.264 e. The van der Waals surface area contributed by atoms with Crippen LogP contribution in [0, 0.1) is 6.92 Å². The minimum Gasteiger partial charge on any atom is -0.497 e. The van der Waals surface area contributed by atoms with Gasteiger partial charge < -0.3 is 15.0 Å². The van der Waals surface area contributed by atoms with Crippen molar-refractivity contribution in [2.75, 3.05) is 25.0 Å². The number of aryl methyl sites for hydroxylation is 1. The first-order valence-electron chi connectivity index (χ1n) is 13.8. The van der Waals surface area contributed by atoms with Crippen molar-refractivity contribution in [2.24, 2.45) is 0 Å². The van der Waals surface area contributed by atoms with E-state index in [4.69, 9.17) is 27.9 Å². The third-order valence-electron chi connectivity index (χ3n) is 7.16. The van der Waals surface area contributed by atoms with E-state index in [1.54, 1.807) is 42.5 Å². The third kappa shape index (κ3) is 7.72. The van der Waals surface area contributed by atoms with Crippen LogP contribution in [-0.4, -0.2) is 51.9 Å². The summed E-state index contributed by atoms with van der Waals surface area (Å²) in [5.74, 6) is -0.563. The molecule has 1 atom stereocenters. The molecular weight excluding hydrogens is 621 g/mol. The second-order valence-electron chi connectivity index (χ2n) is 10.1. The lowest BCUT2D eigenvalue weighted by molar-refractivity contribution is -0.139. The van der Waals surface area contributed by atoms with E-state index in [-0.39, 0.29) is 23.5 Å². The zero-order valence-electron chi connectivity index (χ0n) is 24.5. The first kappa shape index (κ1) is 32.9. The Morgan fingerprint density at radius 1 is 0.864 bits per heavy atom. The molecule has 11 heteroatoms. The summed E-state index contributed by atoms with van der Waals surface area (Å²) in [6, 6.07) is 25.9. The van der Waals surface area contributed by atoms with Crippen LogP contribution in [-0.2, 0) is 32.6 Å². The predicted octanol–water partition coefficient (Wildman–Crippen LogP) is 5.89. The molecule has 0 saturated heterocycles. The number of hydrogen-bond donors (Lipinski definition) is 1. The summed E-state index contributed by atoms with van der Waals surface area (Å²) < 4.78 is 34.4. The molecule has 0 aliphatic carbocycles. The molecule has 0 radical (unpaired) electrons. The first-order valence-corrected chi connectivity index (χ1v) is 16.0. The Labute approximate surface area is 268 Å². The van der Waals surface area contributed by atoms with Crippen LogP contribution in [0.15, 0.2) is 102 Å². The van der Waals surface area contributed by atoms with Gasteiger partial charge in [0.1, 0.15) is 18.3 Å². The number of anilines is 1. The Bertz CT molecular complexity index is 1680. The summed E-state index contributed by atoms with van der Waals surface area (Å²) in [5, 5.41) is 3.28. The molecule has 0 saturated carbocycles. The van der Waals surface area contributed by atoms with Gasteiger partial charge >= 0.3 is 0 Å². The van der Waals surface area contributed by atoms with Gasteiger partial charge in [0.2, 0.25) is 11.8 Å². The quantitative estimate of drug-likeness (QED) is 0.206. The third-order valence-corrected chi connectivity index (χ3v) is 9.65. The average molecular weight is 655 g/mol. The van der Waals surface area contributed by atoms with Gasteiger partial charge in [-0.05, 0) is 61.0 Å². The molecule has 0 aliphatic heterocycles. The fraction of sp³-hybridized carbons (Fsp3) is 0.212. The van der Waals surface area contributed by atoms with E-state index in [2.05, 4.69) is 5.32 Å². The highest BCUT2D eigenvalue weighted by molar-refractivity contribution is 7.92. The van der Waals surface area contributed by atoms with Gasteiger partial charge in [0.15, 0.2) is 0 Å². The lowest BCUT2D eigenvalue weighted by Gasteiger charge is -2.34. The Morgan fingerprint density at radius 2 is 1.48 bits per heavy atom. The number of carbonyl (C=O) groups excluding carboxylic acids is 2. The van der Waals surface area contributed by atoms with Crippen LogP contribution in [0.25, 0.3) is 0 Å². The van der Waals surface area contributed by atoms with Crippen molar-refractivity contribution in [1.82, 2.24) is 10.2 Å². The first-order chi connectivity index (χ1) is 21.0. The number of benzene rings is 4. The largest absolute Gasteiger partial charge is 0.497 e. The van der Waals surface area contributed by atoms with Crippen molar-refractivity contribution >= 4 is 50.7 Å². The highest BCUT2D eigenvalue weighted by Crippen LogP contribution is 2.29. The molecule has 0 fully saturated rings. The summed E-state index contributed by atoms with van der Waals surface area (Å²) in [7, 11) is -1.27. The molecule has 1 N–H and O–H groups in total. The topological polar surface area (TPSA) is 96.0 Å². The van der Waals surface area contributed by atoms with Gasteiger partial charge in [-0.25, -0.2) is 8.42 Å². The molecule has 0 aliphatic rings. The molecule has 0 aromatic heterocycles. The van der Waals surface area contributed by atoms with E-state index in [1.807, 2.05) is 37.3 Å². The molecule has 0 unspecified atom stereocenters. The van der Waals surface area contributed by atoms with Crippen LogP contribution in [0.2, 0.25) is 10.0 Å². The zero-order chi connectivity index (χ0) is 31.9. The standard InChI is InChI=1S/C33H33Cl2N3O5S/c1-23-12-14-25(15-13-23)38(44(41,42)27-18-16-26(43-3)17-19-27)22-32(39)37(21-28-29(34)10-7-11-30(28)35)31(33(40)36-2)20-24-8-5-4-6-9-24/h4-19,31H,20-22H2,1-3H3,(H,36,40)/t31-/m0/s1. The molecule has 2 amide bonds. The normalized spacial score (nSPS) is 11.8. The molecule has 4 rings (SSSR count). The molecule has 44 heavy (non-hydrogen) atoms. The lowest BCUT2D eigenvalue weighted by Crippen LogP contribution is -2.53. The number of likely N-dealkylation sites (N-methyl/N-ethyl adjacent to an activating group) is 1. The second kappa shape index (κ2) is 14.6. The van der Waals surface area contributed by atoms with Gasteiger partial charge in [-0.1, -0.05) is 77.3 Å². The number of nitrogens with one attached hydrogen (secondary N) is 1. The lowest BCUT2D eigenvalue weighted by atomic mass is 10.0. The predicted molar refractivity (Wildman–Crippen MR) is 174 cm³/mol. The maximum absolute atomic E-state index is 14.4. The molecule has 0 spiro atoms. The van der Waals surface area contributed by atoms with Crippen LogP contribution in [0.3, 0.4) is 0 Å². The molecule has 4 aromatic carbocycles. The fourth-order valence-corrected chi connectivity index (χ4v) is 6.62. The summed E-state index contributed by atoms with van der Waals surface area (Å²) in [6.45, 7) is 1.15. The van der Waals surface area contributed by atoms with Crippen LogP contribution < -0.4 is 14.4 Å². The van der Waals surface area contributed by atoms with Crippen molar-refractivity contribution in [3.63, 3.8) is 0 Å². The zero-order valence-corrected chi connectivity index (χ0v) is 26.9. The number of halogens is 2. The van der Waals surface area contributed by atoms with Gasteiger partial charge in [-0.2, -0.15) is 0 Å². The van der Waals surface area contributed by atoms with Crippen LogP contribution in [0.1, 0.15) is 16.7 Å². The van der Waals surface area contributed by atoms with Crippen molar-refractivity contribution in [3.8, 4) is 5.75 Å². The Morgan fingerprint density at radius 3 is 2.05 bits per heavy atom. The van der Waals surface area contributed by atoms with Crippen LogP contribution in [0.5, 0.6) is 5.75 Å². The minimum absolute atomic E-state index is 0.0282. The van der Waals surface area contributed by atoms with Gasteiger partial charge in [0.05, 0.1) is 17.7 Å². The number of carbonyl (C=O) groups is 2. The number of methoxy groups -OCH3 is 1. The molecule has 0 bridgehead atoms. The van der Waals surface area contributed by atoms with E-state index in [1.165, 1.54) is 43.3 Å². The van der Waals surface area contributed by atoms with Crippen molar-refractivity contribution in [1.29, 1.82) is 0 Å². The van der Waals surface area contributed by atoms with E-state index >= 15 is 0 Å². The van der Waals surface area contributed by atoms with E-state index in [0.29, 0.717) is 21.4 Å². The number of nitrogens with zero attached hydrogens (tertiary/aromatic N) is 2. The Hall–Kier alpha value is -4.05. The number of sulfonamides is 1. The summed E-state index contributed by atoms with van der Waals surface area (Å²) in [5.41, 5.74) is 2.45. The van der Waals surface area contributed by atoms with Gasteiger partial charge in [0, 0.05) is 35.6 Å². The van der Waals surface area contributed by atoms with E-state index < -0.39 is 34.4 Å². The second-order valence-corrected chi connectivity index (χ2v) is 12.7. The molecule has 0 heterocycles. The number of ether oxygens (including phenoxy) is 1. The van der Waals surface area contributed by atoms with Gasteiger partial charge in [-0.15, -0.1) is 0 Å². The smallest absolute Gasteiger partial charge is 0.264 e. The Kier molecular flexibility index (Phi) is 10.9. The number of amides is 2. The number of hydrogen-bond acceptors (Lipinski definition) is 5. The SMILES string of the molecule is CNC(=O)[C@H](Cc1ccccc1)N(Cc1c(Cl)cccc1Cl)C(=O)CN(c1ccc(C)cc1)S(=O)(=O)c1ccc(OC)cc1. The summed E-state index contributed by atoms with van der Waals surface area (Å²) in [6.07, 6.45) is 0.171. The van der Waals surface area contributed by atoms with Gasteiger partial charge in [0.25, 0.3) is 10.0 Å². The van der Waals surface area contributed by atoms with Crippen molar-refractivity contribution < 1.29 is 22.7 Å². The van der Waals surface area contributed by atoms with Crippen molar-refractivity contribution in [3.05, 3.63) is 124 Å². The molecule has 8 nitrogen and oxygen atoms in total. The molecular formula is C33H33Cl2N3O5S. The molecule has 4 aromatic rings. The fourth-order valence-electron chi connectivity index (χ4n) is 4.69. The maximum atomic E-state index is 14.4. The van der Waals surface area contributed by atoms with Gasteiger partial charge in [-0.3, -0.25) is 13.9 Å². The highest BCUT2D eigenvalue weighted by atomic mass is 35.5. The van der Waals surface area contributed by atoms with Crippen LogP contribution in [0.4, 0.5) is 5.69 Å². The van der Waals surface area contributed by atoms with E-state index in [9.17, 15) is 18.0 Å². The molecule has 230 valence electrons. The van der Waals surface area contributed by atoms with Crippen molar-refractivity contribution in [2.45, 2.75) is 30.8 Å². The highest BCUT2D eigenvalue weighted by Gasteiger charge is 2.35. The summed E-state index contributed by atoms with van der Waals surface area (Å²) >= 11 is 13.0. The summed E-state index contributed by atoms with van der Waals surface area (Å²) in [4.78, 5) is 29.1.